The number of nitrogens with zero attached hydrogens (tertiary/aromatic N) is 6. The zero-order valence-electron chi connectivity index (χ0n) is 32.5. The van der Waals surface area contributed by atoms with E-state index >= 15 is 0 Å². The summed E-state index contributed by atoms with van der Waals surface area (Å²) in [5.41, 5.74) is 17.0. The molecule has 5 aromatic carbocycles. The van der Waals surface area contributed by atoms with Crippen molar-refractivity contribution in [1.82, 2.24) is 24.9 Å². The van der Waals surface area contributed by atoms with Crippen molar-refractivity contribution in [2.45, 2.75) is 19.3 Å². The number of rotatable bonds is 7. The Bertz CT molecular complexity index is 2800. The van der Waals surface area contributed by atoms with Crippen molar-refractivity contribution in [1.29, 1.82) is 5.26 Å². The molecule has 4 aromatic heterocycles. The van der Waals surface area contributed by atoms with Crippen molar-refractivity contribution in [3.8, 4) is 95.9 Å². The lowest BCUT2D eigenvalue weighted by Gasteiger charge is -2.23. The van der Waals surface area contributed by atoms with E-state index in [1.165, 1.54) is 5.56 Å². The van der Waals surface area contributed by atoms with Crippen LogP contribution < -0.4 is 0 Å². The lowest BCUT2D eigenvalue weighted by atomic mass is 9.79. The normalized spacial score (nSPS) is 12.4. The van der Waals surface area contributed by atoms with Gasteiger partial charge in [0.15, 0.2) is 5.82 Å². The first kappa shape index (κ1) is 35.5. The first-order valence-electron chi connectivity index (χ1n) is 19.6. The van der Waals surface area contributed by atoms with E-state index in [0.29, 0.717) is 11.4 Å². The first-order chi connectivity index (χ1) is 28.9. The number of aromatic nitrogens is 5. The molecule has 0 radical (unpaired) electrons. The van der Waals surface area contributed by atoms with Gasteiger partial charge in [0.25, 0.3) is 0 Å². The third kappa shape index (κ3) is 6.55. The minimum Gasteiger partial charge on any atom is -0.264 e. The van der Waals surface area contributed by atoms with Gasteiger partial charge < -0.3 is 0 Å². The third-order valence-electron chi connectivity index (χ3n) is 11.3. The van der Waals surface area contributed by atoms with Crippen molar-refractivity contribution in [3.05, 3.63) is 199 Å². The van der Waals surface area contributed by atoms with Gasteiger partial charge in [-0.25, -0.2) is 15.0 Å². The molecule has 0 bridgehead atoms. The fraction of sp³-hybridized carbons (Fsp3) is 0.0566. The van der Waals surface area contributed by atoms with Gasteiger partial charge >= 0.3 is 0 Å². The van der Waals surface area contributed by atoms with Crippen molar-refractivity contribution < 1.29 is 0 Å². The molecule has 0 aliphatic heterocycles. The average Bonchev–Trinajstić information content (AvgIpc) is 3.55. The Kier molecular flexibility index (Phi) is 8.77. The van der Waals surface area contributed by atoms with Crippen LogP contribution >= 0.6 is 0 Å². The molecule has 4 heterocycles. The molecule has 1 aliphatic rings. The standard InChI is InChI=1S/C53H36N6/c1-53(2)46-27-36(20-21-44(46)45-19-9-16-37(31-54)51(45)53)40-24-41(42-28-47(38-17-10-22-55-32-38)57-48(29-42)39-18-11-23-56-33-39)26-43(25-40)50-30-49(34-12-5-3-6-13-34)58-52(59-50)35-14-7-4-8-15-35/h3-30,32-33H,1-2H3. The molecule has 59 heavy (non-hydrogen) atoms. The Balaban J connectivity index is 1.22. The highest BCUT2D eigenvalue weighted by molar-refractivity contribution is 5.88. The number of benzene rings is 5. The van der Waals surface area contributed by atoms with Crippen molar-refractivity contribution in [2.75, 3.05) is 0 Å². The summed E-state index contributed by atoms with van der Waals surface area (Å²) in [6, 6.07) is 56.6. The van der Waals surface area contributed by atoms with E-state index in [1.54, 1.807) is 12.4 Å². The molecule has 0 unspecified atom stereocenters. The molecule has 278 valence electrons. The van der Waals surface area contributed by atoms with Gasteiger partial charge in [-0.15, -0.1) is 0 Å². The Labute approximate surface area is 343 Å². The van der Waals surface area contributed by atoms with Gasteiger partial charge in [-0.3, -0.25) is 9.97 Å². The second-order valence-electron chi connectivity index (χ2n) is 15.3. The molecular formula is C53H36N6. The molecule has 0 fully saturated rings. The summed E-state index contributed by atoms with van der Waals surface area (Å²) in [4.78, 5) is 24.3. The molecule has 0 amide bonds. The Morgan fingerprint density at radius 2 is 0.983 bits per heavy atom. The summed E-state index contributed by atoms with van der Waals surface area (Å²) in [5.74, 6) is 0.654. The van der Waals surface area contributed by atoms with Gasteiger partial charge in [0, 0.05) is 58.0 Å². The maximum Gasteiger partial charge on any atom is 0.160 e. The minimum atomic E-state index is -0.363. The van der Waals surface area contributed by atoms with E-state index in [4.69, 9.17) is 15.0 Å². The van der Waals surface area contributed by atoms with Crippen LogP contribution in [-0.2, 0) is 5.41 Å². The maximum atomic E-state index is 10.1. The third-order valence-corrected chi connectivity index (χ3v) is 11.3. The van der Waals surface area contributed by atoms with E-state index in [-0.39, 0.29) is 5.41 Å². The van der Waals surface area contributed by atoms with Crippen LogP contribution in [-0.4, -0.2) is 24.9 Å². The smallest absolute Gasteiger partial charge is 0.160 e. The van der Waals surface area contributed by atoms with Crippen LogP contribution in [0, 0.1) is 11.3 Å². The number of hydrogen-bond acceptors (Lipinski definition) is 6. The van der Waals surface area contributed by atoms with Gasteiger partial charge in [0.05, 0.1) is 34.4 Å². The number of nitriles is 1. The molecule has 9 aromatic rings. The molecular weight excluding hydrogens is 721 g/mol. The van der Waals surface area contributed by atoms with E-state index < -0.39 is 0 Å². The number of fused-ring (bicyclic) bond motifs is 3. The van der Waals surface area contributed by atoms with Gasteiger partial charge in [0.1, 0.15) is 0 Å². The average molecular weight is 757 g/mol. The van der Waals surface area contributed by atoms with Crippen molar-refractivity contribution in [3.63, 3.8) is 0 Å². The summed E-state index contributed by atoms with van der Waals surface area (Å²) in [6.45, 7) is 4.44. The van der Waals surface area contributed by atoms with Crippen LogP contribution in [0.3, 0.4) is 0 Å². The molecule has 0 atom stereocenters. The van der Waals surface area contributed by atoms with Crippen LogP contribution in [0.25, 0.3) is 89.8 Å². The van der Waals surface area contributed by atoms with Gasteiger partial charge in [0.2, 0.25) is 0 Å². The quantitative estimate of drug-likeness (QED) is 0.161. The summed E-state index contributed by atoms with van der Waals surface area (Å²) in [6.07, 6.45) is 7.25. The molecule has 0 N–H and O–H groups in total. The summed E-state index contributed by atoms with van der Waals surface area (Å²) in [5, 5.41) is 10.1. The van der Waals surface area contributed by atoms with Crippen LogP contribution in [0.15, 0.2) is 183 Å². The summed E-state index contributed by atoms with van der Waals surface area (Å²) in [7, 11) is 0. The molecule has 6 heteroatoms. The zero-order valence-corrected chi connectivity index (χ0v) is 32.5. The first-order valence-corrected chi connectivity index (χ1v) is 19.6. The summed E-state index contributed by atoms with van der Waals surface area (Å²) < 4.78 is 0. The highest BCUT2D eigenvalue weighted by Gasteiger charge is 2.37. The van der Waals surface area contributed by atoms with Gasteiger partial charge in [-0.05, 0) is 117 Å². The molecule has 0 spiro atoms. The fourth-order valence-electron chi connectivity index (χ4n) is 8.35. The van der Waals surface area contributed by atoms with Crippen LogP contribution in [0.5, 0.6) is 0 Å². The van der Waals surface area contributed by atoms with Crippen LogP contribution in [0.2, 0.25) is 0 Å². The van der Waals surface area contributed by atoms with Gasteiger partial charge in [-0.2, -0.15) is 5.26 Å². The van der Waals surface area contributed by atoms with Gasteiger partial charge in [-0.1, -0.05) is 98.8 Å². The largest absolute Gasteiger partial charge is 0.264 e. The van der Waals surface area contributed by atoms with E-state index in [9.17, 15) is 5.26 Å². The van der Waals surface area contributed by atoms with E-state index in [1.807, 2.05) is 85.2 Å². The highest BCUT2D eigenvalue weighted by Crippen LogP contribution is 2.51. The maximum absolute atomic E-state index is 10.1. The predicted octanol–water partition coefficient (Wildman–Crippen LogP) is 12.5. The van der Waals surface area contributed by atoms with Crippen molar-refractivity contribution in [2.24, 2.45) is 0 Å². The Hall–Kier alpha value is -7.88. The summed E-state index contributed by atoms with van der Waals surface area (Å²) >= 11 is 0. The lowest BCUT2D eigenvalue weighted by molar-refractivity contribution is 0.658. The topological polar surface area (TPSA) is 88.2 Å². The van der Waals surface area contributed by atoms with Crippen LogP contribution in [0.1, 0.15) is 30.5 Å². The molecule has 6 nitrogen and oxygen atoms in total. The van der Waals surface area contributed by atoms with Crippen molar-refractivity contribution >= 4 is 0 Å². The van der Waals surface area contributed by atoms with E-state index in [0.717, 1.165) is 89.5 Å². The molecule has 0 saturated carbocycles. The lowest BCUT2D eigenvalue weighted by Crippen LogP contribution is -2.16. The SMILES string of the molecule is CC1(C)c2cc(-c3cc(-c4cc(-c5cccnc5)nc(-c5cccnc5)c4)cc(-c4cc(-c5ccccc5)nc(-c5ccccc5)n4)c3)ccc2-c2cccc(C#N)c21. The zero-order chi connectivity index (χ0) is 39.9. The monoisotopic (exact) mass is 756 g/mol. The van der Waals surface area contributed by atoms with Crippen LogP contribution in [0.4, 0.5) is 0 Å². The van der Waals surface area contributed by atoms with E-state index in [2.05, 4.69) is 115 Å². The molecule has 0 saturated heterocycles. The fourth-order valence-corrected chi connectivity index (χ4v) is 8.35. The highest BCUT2D eigenvalue weighted by atomic mass is 14.9. The second-order valence-corrected chi connectivity index (χ2v) is 15.3. The number of hydrogen-bond donors (Lipinski definition) is 0. The predicted molar refractivity (Wildman–Crippen MR) is 236 cm³/mol. The Morgan fingerprint density at radius 1 is 0.424 bits per heavy atom. The molecule has 10 rings (SSSR count). The molecule has 1 aliphatic carbocycles. The number of pyridine rings is 3. The second kappa shape index (κ2) is 14.6. The minimum absolute atomic E-state index is 0.363. The Morgan fingerprint density at radius 3 is 1.61 bits per heavy atom.